The molecule has 1 aromatic rings. The number of carbonyl (C=O) groups is 2. The molecule has 0 radical (unpaired) electrons. The predicted molar refractivity (Wildman–Crippen MR) is 98.7 cm³/mol. The molecule has 2 saturated heterocycles. The molecule has 2 fully saturated rings. The Morgan fingerprint density at radius 1 is 1.27 bits per heavy atom. The second-order valence-corrected chi connectivity index (χ2v) is 7.00. The Hall–Kier alpha value is -1.74. The van der Waals surface area contributed by atoms with Gasteiger partial charge in [0.25, 0.3) is 5.91 Å². The zero-order valence-corrected chi connectivity index (χ0v) is 15.5. The molecule has 2 N–H and O–H groups in total. The number of hydrogen-bond donors (Lipinski definition) is 2. The smallest absolute Gasteiger partial charge is 0.414 e. The lowest BCUT2D eigenvalue weighted by molar-refractivity contribution is -0.119. The summed E-state index contributed by atoms with van der Waals surface area (Å²) in [5, 5.41) is 2.54. The number of halogens is 2. The third kappa shape index (κ3) is 4.70. The molecule has 142 valence electrons. The second kappa shape index (κ2) is 8.77. The van der Waals surface area contributed by atoms with Crippen molar-refractivity contribution in [2.45, 2.75) is 10.9 Å². The van der Waals surface area contributed by atoms with E-state index >= 15 is 0 Å². The molecule has 10 heteroatoms. The highest BCUT2D eigenvalue weighted by atomic mass is 35.5. The van der Waals surface area contributed by atoms with E-state index in [0.717, 1.165) is 31.0 Å². The topological polar surface area (TPSA) is 83.1 Å². The SMILES string of the molecule is O=C(NC[C@H]1CN(c2ccc(N3CCNOCC3)cc2)C(=O)O1)C(Cl)Cl. The largest absolute Gasteiger partial charge is 0.442 e. The van der Waals surface area contributed by atoms with E-state index in [1.165, 1.54) is 4.90 Å². The maximum Gasteiger partial charge on any atom is 0.414 e. The van der Waals surface area contributed by atoms with E-state index in [4.69, 9.17) is 32.8 Å². The van der Waals surface area contributed by atoms with Crippen molar-refractivity contribution < 1.29 is 19.2 Å². The van der Waals surface area contributed by atoms with Gasteiger partial charge in [0, 0.05) is 31.0 Å². The quantitative estimate of drug-likeness (QED) is 0.721. The average Bonchev–Trinajstić information content (AvgIpc) is 2.84. The fraction of sp³-hybridized carbons (Fsp3) is 0.500. The first-order chi connectivity index (χ1) is 12.5. The van der Waals surface area contributed by atoms with Gasteiger partial charge in [-0.25, -0.2) is 10.3 Å². The summed E-state index contributed by atoms with van der Waals surface area (Å²) < 4.78 is 5.27. The second-order valence-electron chi connectivity index (χ2n) is 5.91. The number of nitrogens with zero attached hydrogens (tertiary/aromatic N) is 2. The standard InChI is InChI=1S/C16H20Cl2N4O4/c17-14(18)15(23)19-9-13-10-22(16(24)26-13)12-3-1-11(2-4-12)21-6-5-20-25-8-7-21/h1-4,13-14,20H,5-10H2,(H,19,23)/t13-/m0/s1. The number of anilines is 2. The van der Waals surface area contributed by atoms with Crippen LogP contribution in [0.3, 0.4) is 0 Å². The number of nitrogens with one attached hydrogen (secondary N) is 2. The van der Waals surface area contributed by atoms with Gasteiger partial charge in [-0.1, -0.05) is 23.2 Å². The summed E-state index contributed by atoms with van der Waals surface area (Å²) in [5.74, 6) is -0.511. The van der Waals surface area contributed by atoms with Gasteiger partial charge in [0.05, 0.1) is 19.7 Å². The number of carbonyl (C=O) groups excluding carboxylic acids is 2. The highest BCUT2D eigenvalue weighted by molar-refractivity contribution is 6.53. The number of rotatable bonds is 5. The van der Waals surface area contributed by atoms with Crippen molar-refractivity contribution in [3.05, 3.63) is 24.3 Å². The van der Waals surface area contributed by atoms with Crippen molar-refractivity contribution in [2.75, 3.05) is 49.1 Å². The van der Waals surface area contributed by atoms with Crippen LogP contribution >= 0.6 is 23.2 Å². The molecule has 3 rings (SSSR count). The molecule has 1 atom stereocenters. The van der Waals surface area contributed by atoms with E-state index in [1.54, 1.807) is 0 Å². The molecule has 0 unspecified atom stereocenters. The van der Waals surface area contributed by atoms with Gasteiger partial charge in [-0.15, -0.1) is 0 Å². The number of hydrogen-bond acceptors (Lipinski definition) is 6. The molecular weight excluding hydrogens is 383 g/mol. The van der Waals surface area contributed by atoms with Crippen LogP contribution in [0.25, 0.3) is 0 Å². The minimum Gasteiger partial charge on any atom is -0.442 e. The maximum atomic E-state index is 12.1. The first-order valence-corrected chi connectivity index (χ1v) is 9.15. The summed E-state index contributed by atoms with van der Waals surface area (Å²) in [7, 11) is 0. The molecule has 0 saturated carbocycles. The van der Waals surface area contributed by atoms with Crippen molar-refractivity contribution >= 4 is 46.6 Å². The van der Waals surface area contributed by atoms with E-state index in [1.807, 2.05) is 24.3 Å². The lowest BCUT2D eigenvalue weighted by atomic mass is 10.2. The van der Waals surface area contributed by atoms with Gasteiger partial charge in [-0.2, -0.15) is 0 Å². The minimum atomic E-state index is -1.14. The van der Waals surface area contributed by atoms with Crippen LogP contribution in [0.4, 0.5) is 16.2 Å². The molecule has 0 spiro atoms. The molecule has 26 heavy (non-hydrogen) atoms. The van der Waals surface area contributed by atoms with Crippen LogP contribution in [0.5, 0.6) is 0 Å². The van der Waals surface area contributed by atoms with E-state index < -0.39 is 22.9 Å². The summed E-state index contributed by atoms with van der Waals surface area (Å²) in [5.41, 5.74) is 4.69. The van der Waals surface area contributed by atoms with Crippen molar-refractivity contribution in [2.24, 2.45) is 0 Å². The van der Waals surface area contributed by atoms with Crippen molar-refractivity contribution in [3.8, 4) is 0 Å². The third-order valence-corrected chi connectivity index (χ3v) is 4.55. The Morgan fingerprint density at radius 3 is 2.73 bits per heavy atom. The molecule has 2 amide bonds. The van der Waals surface area contributed by atoms with Crippen molar-refractivity contribution in [1.29, 1.82) is 0 Å². The highest BCUT2D eigenvalue weighted by Gasteiger charge is 2.32. The van der Waals surface area contributed by atoms with Crippen LogP contribution < -0.4 is 20.6 Å². The molecule has 1 aromatic carbocycles. The van der Waals surface area contributed by atoms with Gasteiger partial charge >= 0.3 is 6.09 Å². The van der Waals surface area contributed by atoms with Gasteiger partial charge in [0.2, 0.25) is 0 Å². The highest BCUT2D eigenvalue weighted by Crippen LogP contribution is 2.25. The molecule has 2 aliphatic heterocycles. The predicted octanol–water partition coefficient (Wildman–Crippen LogP) is 1.27. The maximum absolute atomic E-state index is 12.1. The molecule has 0 aliphatic carbocycles. The number of hydroxylamine groups is 1. The Labute approximate surface area is 161 Å². The van der Waals surface area contributed by atoms with Crippen molar-refractivity contribution in [1.82, 2.24) is 10.8 Å². The summed E-state index contributed by atoms with van der Waals surface area (Å²) >= 11 is 11.0. The third-order valence-electron chi connectivity index (χ3n) is 4.15. The lowest BCUT2D eigenvalue weighted by Crippen LogP contribution is -2.37. The number of alkyl halides is 2. The number of benzene rings is 1. The van der Waals surface area contributed by atoms with Gasteiger partial charge in [-0.05, 0) is 24.3 Å². The van der Waals surface area contributed by atoms with Gasteiger partial charge in [0.1, 0.15) is 6.10 Å². The van der Waals surface area contributed by atoms with E-state index in [2.05, 4.69) is 15.7 Å². The molecule has 2 aliphatic rings. The number of ether oxygens (including phenoxy) is 1. The average molecular weight is 403 g/mol. The van der Waals surface area contributed by atoms with Crippen molar-refractivity contribution in [3.63, 3.8) is 0 Å². The van der Waals surface area contributed by atoms with E-state index in [9.17, 15) is 9.59 Å². The summed E-state index contributed by atoms with van der Waals surface area (Å²) in [4.78, 5) is 31.3. The molecule has 8 nitrogen and oxygen atoms in total. The zero-order valence-electron chi connectivity index (χ0n) is 14.0. The van der Waals surface area contributed by atoms with Gasteiger partial charge in [-0.3, -0.25) is 14.5 Å². The summed E-state index contributed by atoms with van der Waals surface area (Å²) in [6.45, 7) is 3.50. The Balaban J connectivity index is 1.58. The Morgan fingerprint density at radius 2 is 2.00 bits per heavy atom. The van der Waals surface area contributed by atoms with Crippen LogP contribution in [0.2, 0.25) is 0 Å². The van der Waals surface area contributed by atoms with Crippen LogP contribution in [0.1, 0.15) is 0 Å². The van der Waals surface area contributed by atoms with Crippen LogP contribution in [-0.4, -0.2) is 62.3 Å². The van der Waals surface area contributed by atoms with Gasteiger partial charge in [0.15, 0.2) is 4.84 Å². The molecular formula is C16H20Cl2N4O4. The van der Waals surface area contributed by atoms with E-state index in [0.29, 0.717) is 13.2 Å². The lowest BCUT2D eigenvalue weighted by Gasteiger charge is -2.22. The molecule has 2 heterocycles. The first-order valence-electron chi connectivity index (χ1n) is 8.28. The van der Waals surface area contributed by atoms with Crippen LogP contribution in [0.15, 0.2) is 24.3 Å². The molecule has 0 aromatic heterocycles. The normalized spacial score (nSPS) is 20.9. The van der Waals surface area contributed by atoms with Crippen LogP contribution in [-0.2, 0) is 14.4 Å². The summed E-state index contributed by atoms with van der Waals surface area (Å²) in [6, 6.07) is 7.69. The van der Waals surface area contributed by atoms with E-state index in [-0.39, 0.29) is 6.54 Å². The summed E-state index contributed by atoms with van der Waals surface area (Å²) in [6.07, 6.45) is -0.898. The zero-order chi connectivity index (χ0) is 18.5. The number of cyclic esters (lactones) is 1. The number of amides is 2. The minimum absolute atomic E-state index is 0.163. The first kappa shape index (κ1) is 19.0. The molecule has 0 bridgehead atoms. The Bertz CT molecular complexity index is 636. The Kier molecular flexibility index (Phi) is 6.42. The van der Waals surface area contributed by atoms with Gasteiger partial charge < -0.3 is 15.0 Å². The fourth-order valence-corrected chi connectivity index (χ4v) is 2.98. The fourth-order valence-electron chi connectivity index (χ4n) is 2.82. The monoisotopic (exact) mass is 402 g/mol. The van der Waals surface area contributed by atoms with Crippen LogP contribution in [0, 0.1) is 0 Å².